The first-order chi connectivity index (χ1) is 39.1. The molecule has 2 rings (SSSR count). The summed E-state index contributed by atoms with van der Waals surface area (Å²) in [4.78, 5) is 13.3. The Morgan fingerprint density at radius 1 is 0.400 bits per heavy atom. The van der Waals surface area contributed by atoms with Crippen molar-refractivity contribution >= 4 is 5.91 Å². The molecular formula is C66H129NO13. The van der Waals surface area contributed by atoms with Crippen LogP contribution in [0, 0.1) is 0 Å². The average Bonchev–Trinajstić information content (AvgIpc) is 3.46. The molecule has 80 heavy (non-hydrogen) atoms. The topological polar surface area (TPSA) is 228 Å². The van der Waals surface area contributed by atoms with Crippen LogP contribution in [0.25, 0.3) is 0 Å². The van der Waals surface area contributed by atoms with Gasteiger partial charge in [0.05, 0.1) is 32.0 Å². The molecule has 0 aromatic carbocycles. The van der Waals surface area contributed by atoms with Crippen LogP contribution in [0.5, 0.6) is 0 Å². The summed E-state index contributed by atoms with van der Waals surface area (Å²) in [6, 6.07) is -0.823. The number of hydrogen-bond donors (Lipinski definition) is 9. The maximum absolute atomic E-state index is 13.3. The normalized spacial score (nSPS) is 24.1. The summed E-state index contributed by atoms with van der Waals surface area (Å²) in [7, 11) is 0. The molecular weight excluding hydrogens is 1010 g/mol. The van der Waals surface area contributed by atoms with Gasteiger partial charge in [0, 0.05) is 6.42 Å². The fourth-order valence-corrected chi connectivity index (χ4v) is 11.8. The van der Waals surface area contributed by atoms with Crippen molar-refractivity contribution in [3.8, 4) is 0 Å². The zero-order chi connectivity index (χ0) is 58.1. The molecule has 0 spiro atoms. The monoisotopic (exact) mass is 1140 g/mol. The zero-order valence-electron chi connectivity index (χ0n) is 51.6. The van der Waals surface area contributed by atoms with Crippen molar-refractivity contribution < 1.29 is 64.6 Å². The summed E-state index contributed by atoms with van der Waals surface area (Å²) < 4.78 is 22.9. The predicted molar refractivity (Wildman–Crippen MR) is 323 cm³/mol. The molecule has 0 aromatic heterocycles. The highest BCUT2D eigenvalue weighted by molar-refractivity contribution is 5.76. The predicted octanol–water partition coefficient (Wildman–Crippen LogP) is 13.2. The molecule has 0 aliphatic carbocycles. The lowest BCUT2D eigenvalue weighted by Crippen LogP contribution is -2.65. The summed E-state index contributed by atoms with van der Waals surface area (Å²) >= 11 is 0. The second kappa shape index (κ2) is 52.3. The molecule has 0 bridgehead atoms. The molecule has 2 saturated heterocycles. The van der Waals surface area contributed by atoms with E-state index in [9.17, 15) is 45.6 Å². The first-order valence-electron chi connectivity index (χ1n) is 34.3. The molecule has 2 aliphatic heterocycles. The number of hydrogen-bond acceptors (Lipinski definition) is 13. The number of unbranched alkanes of at least 4 members (excludes halogenated alkanes) is 44. The molecule has 4 unspecified atom stereocenters. The average molecular weight is 1140 g/mol. The van der Waals surface area contributed by atoms with Crippen LogP contribution in [0.4, 0.5) is 0 Å². The van der Waals surface area contributed by atoms with Crippen LogP contribution in [-0.2, 0) is 23.7 Å². The Morgan fingerprint density at radius 2 is 0.713 bits per heavy atom. The number of rotatable bonds is 57. The fourth-order valence-electron chi connectivity index (χ4n) is 11.8. The van der Waals surface area contributed by atoms with Crippen molar-refractivity contribution in [2.24, 2.45) is 0 Å². The molecule has 14 heteroatoms. The lowest BCUT2D eigenvalue weighted by molar-refractivity contribution is -0.359. The van der Waals surface area contributed by atoms with Crippen LogP contribution in [0.2, 0.25) is 0 Å². The minimum atomic E-state index is -1.78. The van der Waals surface area contributed by atoms with E-state index in [1.54, 1.807) is 0 Å². The molecule has 0 saturated carbocycles. The van der Waals surface area contributed by atoms with Crippen molar-refractivity contribution in [1.29, 1.82) is 0 Å². The number of aliphatic hydroxyl groups is 8. The van der Waals surface area contributed by atoms with Gasteiger partial charge < -0.3 is 65.1 Å². The Hall–Kier alpha value is -1.01. The third-order valence-corrected chi connectivity index (χ3v) is 17.3. The Labute approximate surface area is 489 Å². The number of aliphatic hydroxyl groups excluding tert-OH is 8. The number of carbonyl (C=O) groups excluding carboxylic acids is 1. The van der Waals surface area contributed by atoms with Gasteiger partial charge in [0.15, 0.2) is 12.6 Å². The van der Waals surface area contributed by atoms with E-state index in [1.165, 1.54) is 244 Å². The van der Waals surface area contributed by atoms with Gasteiger partial charge in [0.2, 0.25) is 5.91 Å². The first kappa shape index (κ1) is 75.1. The van der Waals surface area contributed by atoms with Gasteiger partial charge in [-0.3, -0.25) is 4.79 Å². The van der Waals surface area contributed by atoms with E-state index in [0.717, 1.165) is 51.4 Å². The van der Waals surface area contributed by atoms with E-state index in [0.29, 0.717) is 12.8 Å². The third kappa shape index (κ3) is 36.7. The number of ether oxygens (including phenoxy) is 4. The largest absolute Gasteiger partial charge is 0.394 e. The maximum Gasteiger partial charge on any atom is 0.220 e. The second-order valence-electron chi connectivity index (χ2n) is 24.7. The van der Waals surface area contributed by atoms with Crippen molar-refractivity contribution in [1.82, 2.24) is 5.32 Å². The van der Waals surface area contributed by atoms with Crippen LogP contribution in [0.15, 0.2) is 0 Å². The lowest BCUT2D eigenvalue weighted by atomic mass is 9.97. The highest BCUT2D eigenvalue weighted by atomic mass is 16.7. The van der Waals surface area contributed by atoms with E-state index in [2.05, 4.69) is 19.2 Å². The molecule has 2 aliphatic rings. The Morgan fingerprint density at radius 3 is 1.06 bits per heavy atom. The standard InChI is InChI=1S/C66H129NO13/c1-3-5-7-9-11-13-15-17-19-21-22-23-24-25-26-27-28-29-30-31-32-34-36-38-40-42-44-46-48-50-58(71)67-54(55(70)49-47-45-43-41-39-37-35-33-20-18-16-14-12-10-8-6-4-2)53-77-65-63(76)61(74)64(57(52-69)79-65)80-66-62(75)60(73)59(72)56(51-68)78-66/h54-57,59-66,68-70,72-76H,3-53H2,1-2H3,(H,67,71)/t54-,55+,56+,57+,59-,60?,61?,62?,63?,64+,65+,66-/m0/s1. The Kier molecular flexibility index (Phi) is 49.1. The van der Waals surface area contributed by atoms with Crippen molar-refractivity contribution in [2.45, 2.75) is 396 Å². The van der Waals surface area contributed by atoms with E-state index >= 15 is 0 Å². The highest BCUT2D eigenvalue weighted by Crippen LogP contribution is 2.30. The molecule has 0 radical (unpaired) electrons. The second-order valence-corrected chi connectivity index (χ2v) is 24.7. The van der Waals surface area contributed by atoms with Crippen molar-refractivity contribution in [3.05, 3.63) is 0 Å². The number of nitrogens with one attached hydrogen (secondary N) is 1. The van der Waals surface area contributed by atoms with Gasteiger partial charge in [-0.15, -0.1) is 0 Å². The van der Waals surface area contributed by atoms with Crippen LogP contribution >= 0.6 is 0 Å². The SMILES string of the molecule is CCCCCCCCCCCCCCCCCCCCCCCCCCCCCCCC(=O)N[C@@H](CO[C@@H]1O[C@H](CO)[C@@H](O[C@@H]2O[C@H](CO)[C@H](O)C(O)C2O)C(O)C1O)[C@H](O)CCCCCCCCCCCCCCCCCCC. The molecule has 0 aromatic rings. The third-order valence-electron chi connectivity index (χ3n) is 17.3. The van der Waals surface area contributed by atoms with Gasteiger partial charge in [0.1, 0.15) is 48.8 Å². The van der Waals surface area contributed by atoms with Gasteiger partial charge in [-0.25, -0.2) is 0 Å². The van der Waals surface area contributed by atoms with Crippen molar-refractivity contribution in [2.75, 3.05) is 19.8 Å². The fraction of sp³-hybridized carbons (Fsp3) is 0.985. The Balaban J connectivity index is 1.64. The highest BCUT2D eigenvalue weighted by Gasteiger charge is 2.51. The molecule has 1 amide bonds. The van der Waals surface area contributed by atoms with Crippen LogP contribution in [-0.4, -0.2) is 140 Å². The minimum Gasteiger partial charge on any atom is -0.394 e. The quantitative estimate of drug-likeness (QED) is 0.0259. The molecule has 14 nitrogen and oxygen atoms in total. The zero-order valence-corrected chi connectivity index (χ0v) is 51.6. The maximum atomic E-state index is 13.3. The lowest BCUT2D eigenvalue weighted by Gasteiger charge is -2.46. The van der Waals surface area contributed by atoms with Crippen LogP contribution in [0.1, 0.15) is 322 Å². The van der Waals surface area contributed by atoms with E-state index in [4.69, 9.17) is 18.9 Å². The summed E-state index contributed by atoms with van der Waals surface area (Å²) in [5.74, 6) is -0.198. The molecule has 9 N–H and O–H groups in total. The van der Waals surface area contributed by atoms with Crippen molar-refractivity contribution in [3.63, 3.8) is 0 Å². The van der Waals surface area contributed by atoms with E-state index in [-0.39, 0.29) is 12.5 Å². The van der Waals surface area contributed by atoms with Gasteiger partial charge in [-0.1, -0.05) is 303 Å². The minimum absolute atomic E-state index is 0.198. The van der Waals surface area contributed by atoms with Crippen LogP contribution in [0.3, 0.4) is 0 Å². The molecule has 476 valence electrons. The summed E-state index contributed by atoms with van der Waals surface area (Å²) in [5.41, 5.74) is 0. The van der Waals surface area contributed by atoms with Crippen LogP contribution < -0.4 is 5.32 Å². The number of amides is 1. The van der Waals surface area contributed by atoms with Gasteiger partial charge in [-0.2, -0.15) is 0 Å². The molecule has 2 fully saturated rings. The van der Waals surface area contributed by atoms with Gasteiger partial charge >= 0.3 is 0 Å². The summed E-state index contributed by atoms with van der Waals surface area (Å²) in [6.45, 7) is 2.92. The van der Waals surface area contributed by atoms with E-state index < -0.39 is 86.8 Å². The smallest absolute Gasteiger partial charge is 0.220 e. The molecule has 2 heterocycles. The first-order valence-corrected chi connectivity index (χ1v) is 34.3. The Bertz CT molecular complexity index is 1350. The van der Waals surface area contributed by atoms with E-state index in [1.807, 2.05) is 0 Å². The van der Waals surface area contributed by atoms with Gasteiger partial charge in [0.25, 0.3) is 0 Å². The number of carbonyl (C=O) groups is 1. The molecule has 12 atom stereocenters. The summed E-state index contributed by atoms with van der Waals surface area (Å²) in [5, 5.41) is 87.5. The van der Waals surface area contributed by atoms with Gasteiger partial charge in [-0.05, 0) is 12.8 Å². The summed E-state index contributed by atoms with van der Waals surface area (Å²) in [6.07, 6.45) is 44.1.